The summed E-state index contributed by atoms with van der Waals surface area (Å²) < 4.78 is 17.6. The van der Waals surface area contributed by atoms with E-state index in [0.717, 1.165) is 4.90 Å². The Morgan fingerprint density at radius 2 is 2.12 bits per heavy atom. The van der Waals surface area contributed by atoms with Crippen molar-refractivity contribution >= 4 is 17.7 Å². The summed E-state index contributed by atoms with van der Waals surface area (Å²) in [6.07, 6.45) is -0.784. The molecule has 0 bridgehead atoms. The van der Waals surface area contributed by atoms with Gasteiger partial charge in [0.2, 0.25) is 0 Å². The standard InChI is InChI=1S/C11H13FO3S/c1-8(11(13)14)15-6-7-16-10-4-2-9(12)3-5-10/h2-5,8H,6-7H2,1H3,(H,13,14). The maximum absolute atomic E-state index is 12.6. The molecular formula is C11H13FO3S. The van der Waals surface area contributed by atoms with Gasteiger partial charge >= 0.3 is 5.97 Å². The van der Waals surface area contributed by atoms with Crippen LogP contribution < -0.4 is 0 Å². The number of hydrogen-bond acceptors (Lipinski definition) is 3. The first-order chi connectivity index (χ1) is 7.59. The lowest BCUT2D eigenvalue weighted by molar-refractivity contribution is -0.148. The lowest BCUT2D eigenvalue weighted by Gasteiger charge is -2.07. The molecule has 5 heteroatoms. The second-order valence-corrected chi connectivity index (χ2v) is 4.32. The Hall–Kier alpha value is -1.07. The van der Waals surface area contributed by atoms with E-state index >= 15 is 0 Å². The van der Waals surface area contributed by atoms with Crippen molar-refractivity contribution in [2.24, 2.45) is 0 Å². The van der Waals surface area contributed by atoms with E-state index in [4.69, 9.17) is 9.84 Å². The average Bonchev–Trinajstić information content (AvgIpc) is 2.26. The van der Waals surface area contributed by atoms with E-state index in [-0.39, 0.29) is 5.82 Å². The van der Waals surface area contributed by atoms with Crippen molar-refractivity contribution in [3.05, 3.63) is 30.1 Å². The highest BCUT2D eigenvalue weighted by molar-refractivity contribution is 7.99. The second kappa shape index (κ2) is 6.50. The fourth-order valence-corrected chi connectivity index (χ4v) is 1.73. The molecule has 88 valence electrons. The SMILES string of the molecule is CC(OCCSc1ccc(F)cc1)C(=O)O. The first-order valence-electron chi connectivity index (χ1n) is 4.82. The summed E-state index contributed by atoms with van der Waals surface area (Å²) in [5.74, 6) is -0.588. The number of carboxylic acid groups (broad SMARTS) is 1. The monoisotopic (exact) mass is 244 g/mol. The highest BCUT2D eigenvalue weighted by Crippen LogP contribution is 2.17. The van der Waals surface area contributed by atoms with Crippen LogP contribution in [0.4, 0.5) is 4.39 Å². The molecule has 0 aliphatic carbocycles. The molecule has 1 aromatic carbocycles. The van der Waals surface area contributed by atoms with E-state index in [0.29, 0.717) is 12.4 Å². The molecule has 0 saturated carbocycles. The van der Waals surface area contributed by atoms with Crippen LogP contribution in [0, 0.1) is 5.82 Å². The Bertz CT molecular complexity index is 340. The van der Waals surface area contributed by atoms with Crippen molar-refractivity contribution in [3.8, 4) is 0 Å². The van der Waals surface area contributed by atoms with Crippen molar-refractivity contribution in [2.75, 3.05) is 12.4 Å². The van der Waals surface area contributed by atoms with E-state index in [9.17, 15) is 9.18 Å². The van der Waals surface area contributed by atoms with Crippen LogP contribution >= 0.6 is 11.8 Å². The smallest absolute Gasteiger partial charge is 0.332 e. The topological polar surface area (TPSA) is 46.5 Å². The largest absolute Gasteiger partial charge is 0.479 e. The summed E-state index contributed by atoms with van der Waals surface area (Å²) in [4.78, 5) is 11.4. The van der Waals surface area contributed by atoms with Crippen LogP contribution in [0.1, 0.15) is 6.92 Å². The fourth-order valence-electron chi connectivity index (χ4n) is 0.987. The molecule has 0 saturated heterocycles. The second-order valence-electron chi connectivity index (χ2n) is 3.15. The van der Waals surface area contributed by atoms with E-state index < -0.39 is 12.1 Å². The molecule has 0 amide bonds. The van der Waals surface area contributed by atoms with Gasteiger partial charge in [0.15, 0.2) is 6.10 Å². The summed E-state index contributed by atoms with van der Waals surface area (Å²) in [5, 5.41) is 8.56. The van der Waals surface area contributed by atoms with Crippen molar-refractivity contribution < 1.29 is 19.0 Å². The minimum atomic E-state index is -0.966. The van der Waals surface area contributed by atoms with Gasteiger partial charge in [-0.15, -0.1) is 11.8 Å². The number of thioether (sulfide) groups is 1. The Morgan fingerprint density at radius 1 is 1.50 bits per heavy atom. The zero-order valence-electron chi connectivity index (χ0n) is 8.85. The van der Waals surface area contributed by atoms with Gasteiger partial charge in [0.25, 0.3) is 0 Å². The molecule has 3 nitrogen and oxygen atoms in total. The lowest BCUT2D eigenvalue weighted by atomic mass is 10.4. The number of rotatable bonds is 6. The van der Waals surface area contributed by atoms with Crippen LogP contribution in [0.5, 0.6) is 0 Å². The molecule has 0 aliphatic heterocycles. The molecule has 1 aromatic rings. The Labute approximate surface area is 97.6 Å². The summed E-state index contributed by atoms with van der Waals surface area (Å²) in [7, 11) is 0. The maximum Gasteiger partial charge on any atom is 0.332 e. The number of hydrogen-bond donors (Lipinski definition) is 1. The third-order valence-corrected chi connectivity index (χ3v) is 2.86. The molecule has 1 N–H and O–H groups in total. The molecule has 16 heavy (non-hydrogen) atoms. The van der Waals surface area contributed by atoms with Crippen LogP contribution in [-0.2, 0) is 9.53 Å². The predicted octanol–water partition coefficient (Wildman–Crippen LogP) is 2.41. The van der Waals surface area contributed by atoms with Gasteiger partial charge in [0, 0.05) is 10.6 Å². The van der Waals surface area contributed by atoms with E-state index in [1.165, 1.54) is 30.8 Å². The molecule has 0 aliphatic rings. The van der Waals surface area contributed by atoms with Gasteiger partial charge in [-0.25, -0.2) is 9.18 Å². The Kier molecular flexibility index (Phi) is 5.28. The summed E-state index contributed by atoms with van der Waals surface area (Å²) in [5.41, 5.74) is 0. The van der Waals surface area contributed by atoms with Crippen LogP contribution in [0.2, 0.25) is 0 Å². The highest BCUT2D eigenvalue weighted by Gasteiger charge is 2.09. The van der Waals surface area contributed by atoms with Gasteiger partial charge in [0.05, 0.1) is 6.61 Å². The first-order valence-corrected chi connectivity index (χ1v) is 5.81. The van der Waals surface area contributed by atoms with Crippen LogP contribution in [-0.4, -0.2) is 29.5 Å². The van der Waals surface area contributed by atoms with Crippen molar-refractivity contribution in [3.63, 3.8) is 0 Å². The van der Waals surface area contributed by atoms with Crippen molar-refractivity contribution in [2.45, 2.75) is 17.9 Å². The van der Waals surface area contributed by atoms with Gasteiger partial charge in [-0.1, -0.05) is 0 Å². The van der Waals surface area contributed by atoms with Crippen molar-refractivity contribution in [1.82, 2.24) is 0 Å². The van der Waals surface area contributed by atoms with Gasteiger partial charge in [0.1, 0.15) is 5.82 Å². The number of carboxylic acids is 1. The minimum absolute atomic E-state index is 0.264. The van der Waals surface area contributed by atoms with Gasteiger partial charge in [-0.05, 0) is 31.2 Å². The molecule has 0 aromatic heterocycles. The fraction of sp³-hybridized carbons (Fsp3) is 0.364. The third-order valence-electron chi connectivity index (χ3n) is 1.88. The van der Waals surface area contributed by atoms with Crippen molar-refractivity contribution in [1.29, 1.82) is 0 Å². The predicted molar refractivity (Wildman–Crippen MR) is 60.2 cm³/mol. The number of carbonyl (C=O) groups is 1. The zero-order chi connectivity index (χ0) is 12.0. The molecule has 0 spiro atoms. The first kappa shape index (κ1) is 13.0. The Morgan fingerprint density at radius 3 is 2.69 bits per heavy atom. The van der Waals surface area contributed by atoms with Gasteiger partial charge in [-0.2, -0.15) is 0 Å². The molecule has 1 atom stereocenters. The molecule has 0 heterocycles. The summed E-state index contributed by atoms with van der Waals surface area (Å²) in [6.45, 7) is 1.85. The molecule has 1 unspecified atom stereocenters. The van der Waals surface area contributed by atoms with Crippen LogP contribution in [0.15, 0.2) is 29.2 Å². The van der Waals surface area contributed by atoms with E-state index in [1.807, 2.05) is 0 Å². The third kappa shape index (κ3) is 4.63. The minimum Gasteiger partial charge on any atom is -0.479 e. The zero-order valence-corrected chi connectivity index (χ0v) is 9.67. The summed E-state index contributed by atoms with van der Waals surface area (Å²) in [6, 6.07) is 6.15. The molecular weight excluding hydrogens is 231 g/mol. The van der Waals surface area contributed by atoms with Crippen LogP contribution in [0.3, 0.4) is 0 Å². The lowest BCUT2D eigenvalue weighted by Crippen LogP contribution is -2.20. The van der Waals surface area contributed by atoms with Crippen LogP contribution in [0.25, 0.3) is 0 Å². The quantitative estimate of drug-likeness (QED) is 0.616. The average molecular weight is 244 g/mol. The Balaban J connectivity index is 2.21. The number of ether oxygens (including phenoxy) is 1. The number of halogens is 1. The number of aliphatic carboxylic acids is 1. The van der Waals surface area contributed by atoms with Gasteiger partial charge in [-0.3, -0.25) is 0 Å². The van der Waals surface area contributed by atoms with Gasteiger partial charge < -0.3 is 9.84 Å². The summed E-state index contributed by atoms with van der Waals surface area (Å²) >= 11 is 1.50. The normalized spacial score (nSPS) is 12.4. The number of benzene rings is 1. The molecule has 1 rings (SSSR count). The molecule has 0 fully saturated rings. The maximum atomic E-state index is 12.6. The molecule has 0 radical (unpaired) electrons. The highest BCUT2D eigenvalue weighted by atomic mass is 32.2. The van der Waals surface area contributed by atoms with E-state index in [2.05, 4.69) is 0 Å². The van der Waals surface area contributed by atoms with E-state index in [1.54, 1.807) is 12.1 Å².